The highest BCUT2D eigenvalue weighted by Crippen LogP contribution is 2.69. The van der Waals surface area contributed by atoms with Crippen molar-refractivity contribution in [2.45, 2.75) is 91.8 Å². The largest absolute Gasteiger partial charge is 0.472 e. The van der Waals surface area contributed by atoms with Gasteiger partial charge >= 0.3 is 5.97 Å². The van der Waals surface area contributed by atoms with Gasteiger partial charge in [-0.15, -0.1) is 0 Å². The van der Waals surface area contributed by atoms with Crippen LogP contribution in [0.3, 0.4) is 0 Å². The molecule has 2 saturated carbocycles. The molecule has 0 unspecified atom stereocenters. The van der Waals surface area contributed by atoms with Crippen molar-refractivity contribution in [3.05, 3.63) is 71.7 Å². The van der Waals surface area contributed by atoms with E-state index in [9.17, 15) is 4.79 Å². The van der Waals surface area contributed by atoms with Crippen molar-refractivity contribution in [2.24, 2.45) is 34.0 Å². The normalized spacial score (nSPS) is 33.8. The fourth-order valence-electron chi connectivity index (χ4n) is 9.19. The van der Waals surface area contributed by atoms with Gasteiger partial charge in [-0.3, -0.25) is 0 Å². The zero-order valence-electron chi connectivity index (χ0n) is 24.2. The van der Waals surface area contributed by atoms with E-state index >= 15 is 0 Å². The molecule has 4 heteroatoms. The lowest BCUT2D eigenvalue weighted by molar-refractivity contribution is -0.168. The summed E-state index contributed by atoms with van der Waals surface area (Å²) in [6, 6.07) is 11.5. The highest BCUT2D eigenvalue weighted by atomic mass is 16.6. The van der Waals surface area contributed by atoms with Crippen LogP contribution in [0.2, 0.25) is 0 Å². The molecule has 1 aromatic carbocycles. The Balaban J connectivity index is 1.44. The van der Waals surface area contributed by atoms with Crippen LogP contribution in [0, 0.1) is 34.0 Å². The van der Waals surface area contributed by atoms with Gasteiger partial charge in [0.2, 0.25) is 0 Å². The Labute approximate surface area is 229 Å². The van der Waals surface area contributed by atoms with Crippen LogP contribution in [-0.4, -0.2) is 13.1 Å². The third-order valence-electron chi connectivity index (χ3n) is 11.0. The molecule has 0 amide bonds. The lowest BCUT2D eigenvalue weighted by Crippen LogP contribution is -2.57. The molecule has 0 N–H and O–H groups in total. The first-order chi connectivity index (χ1) is 18.1. The number of hydrogen-bond acceptors (Lipinski definition) is 4. The SMILES string of the molecule is CO[C@H](C(=O)O[C@H](C[C@H]1C(C)=CC[C@H]2[C@]3(C)CCCC(C)(C)[C@H]3CC[C@@]21C)c1ccoc1)c1ccccc1. The van der Waals surface area contributed by atoms with Gasteiger partial charge in [0.25, 0.3) is 0 Å². The lowest BCUT2D eigenvalue weighted by Gasteiger charge is -2.65. The fraction of sp³-hybridized carbons (Fsp3) is 0.618. The average Bonchev–Trinajstić information content (AvgIpc) is 3.41. The average molecular weight is 519 g/mol. The minimum absolute atomic E-state index is 0.173. The smallest absolute Gasteiger partial charge is 0.340 e. The van der Waals surface area contributed by atoms with Crippen LogP contribution in [0.4, 0.5) is 0 Å². The maximum atomic E-state index is 13.5. The zero-order chi connectivity index (χ0) is 27.1. The van der Waals surface area contributed by atoms with Crippen LogP contribution >= 0.6 is 0 Å². The predicted octanol–water partition coefficient (Wildman–Crippen LogP) is 8.86. The number of allylic oxidation sites excluding steroid dienone is 2. The van der Waals surface area contributed by atoms with Gasteiger partial charge in [0.1, 0.15) is 6.10 Å². The molecule has 0 spiro atoms. The number of methoxy groups -OCH3 is 1. The third-order valence-corrected chi connectivity index (χ3v) is 11.0. The molecule has 206 valence electrons. The fourth-order valence-corrected chi connectivity index (χ4v) is 9.19. The van der Waals surface area contributed by atoms with Crippen LogP contribution in [0.25, 0.3) is 0 Å². The highest BCUT2D eigenvalue weighted by molar-refractivity contribution is 5.76. The monoisotopic (exact) mass is 518 g/mol. The van der Waals surface area contributed by atoms with E-state index in [4.69, 9.17) is 13.9 Å². The van der Waals surface area contributed by atoms with Gasteiger partial charge < -0.3 is 13.9 Å². The molecular weight excluding hydrogens is 472 g/mol. The molecule has 3 aliphatic carbocycles. The number of furan rings is 1. The van der Waals surface area contributed by atoms with Gasteiger partial charge in [-0.2, -0.15) is 0 Å². The number of ether oxygens (including phenoxy) is 2. The summed E-state index contributed by atoms with van der Waals surface area (Å²) >= 11 is 0. The molecule has 0 bridgehead atoms. The first-order valence-corrected chi connectivity index (χ1v) is 14.6. The Morgan fingerprint density at radius 1 is 1.00 bits per heavy atom. The Bertz CT molecular complexity index is 1130. The third kappa shape index (κ3) is 4.68. The summed E-state index contributed by atoms with van der Waals surface area (Å²) < 4.78 is 17.4. The minimum Gasteiger partial charge on any atom is -0.472 e. The molecule has 5 rings (SSSR count). The Hall–Kier alpha value is -2.33. The van der Waals surface area contributed by atoms with E-state index < -0.39 is 6.10 Å². The van der Waals surface area contributed by atoms with Gasteiger partial charge in [-0.05, 0) is 91.1 Å². The van der Waals surface area contributed by atoms with E-state index in [2.05, 4.69) is 40.7 Å². The molecule has 2 fully saturated rings. The van der Waals surface area contributed by atoms with Crippen LogP contribution in [0.15, 0.2) is 65.0 Å². The molecule has 4 nitrogen and oxygen atoms in total. The summed E-state index contributed by atoms with van der Waals surface area (Å²) in [5.41, 5.74) is 4.08. The molecule has 38 heavy (non-hydrogen) atoms. The van der Waals surface area contributed by atoms with Crippen molar-refractivity contribution in [1.29, 1.82) is 0 Å². The minimum atomic E-state index is -0.754. The summed E-state index contributed by atoms with van der Waals surface area (Å²) in [7, 11) is 1.57. The van der Waals surface area contributed by atoms with Crippen molar-refractivity contribution < 1.29 is 18.7 Å². The van der Waals surface area contributed by atoms with Crippen molar-refractivity contribution >= 4 is 5.97 Å². The summed E-state index contributed by atoms with van der Waals surface area (Å²) in [6.07, 6.45) is 13.2. The first-order valence-electron chi connectivity index (χ1n) is 14.6. The zero-order valence-corrected chi connectivity index (χ0v) is 24.2. The number of fused-ring (bicyclic) bond motifs is 3. The van der Waals surface area contributed by atoms with Gasteiger partial charge in [0.15, 0.2) is 6.10 Å². The molecule has 2 aromatic rings. The van der Waals surface area contributed by atoms with Crippen LogP contribution in [0.5, 0.6) is 0 Å². The van der Waals surface area contributed by atoms with E-state index in [0.717, 1.165) is 29.9 Å². The number of hydrogen-bond donors (Lipinski definition) is 0. The summed E-state index contributed by atoms with van der Waals surface area (Å²) in [5, 5.41) is 0. The molecule has 7 atom stereocenters. The van der Waals surface area contributed by atoms with E-state index in [1.165, 1.54) is 37.7 Å². The highest BCUT2D eigenvalue weighted by Gasteiger charge is 2.60. The summed E-state index contributed by atoms with van der Waals surface area (Å²) in [4.78, 5) is 13.5. The van der Waals surface area contributed by atoms with Gasteiger partial charge in [-0.25, -0.2) is 4.79 Å². The quantitative estimate of drug-likeness (QED) is 0.271. The second-order valence-corrected chi connectivity index (χ2v) is 13.5. The Morgan fingerprint density at radius 2 is 1.76 bits per heavy atom. The summed E-state index contributed by atoms with van der Waals surface area (Å²) in [6.45, 7) is 12.4. The van der Waals surface area contributed by atoms with Gasteiger partial charge in [0.05, 0.1) is 12.5 Å². The Kier molecular flexibility index (Phi) is 7.41. The number of carbonyl (C=O) groups excluding carboxylic acids is 1. The van der Waals surface area contributed by atoms with Crippen LogP contribution in [0.1, 0.15) is 103 Å². The van der Waals surface area contributed by atoms with Crippen molar-refractivity contribution in [2.75, 3.05) is 7.11 Å². The topological polar surface area (TPSA) is 48.7 Å². The second kappa shape index (κ2) is 10.3. The standard InChI is InChI=1S/C34H46O4/c1-23-13-14-29-33(4,19-15-28-32(2,3)17-10-18-34(28,29)5)26(23)21-27(25-16-20-37-22-25)38-31(35)30(36-6)24-11-8-7-9-12-24/h7-9,11-13,16,20,22,26-30H,10,14-15,17-19,21H2,1-6H3/t26-,27+,28+,29+,30-,33+,34+/m0/s1. The molecule has 1 aromatic heterocycles. The van der Waals surface area contributed by atoms with Crippen molar-refractivity contribution in [3.8, 4) is 0 Å². The Morgan fingerprint density at radius 3 is 2.45 bits per heavy atom. The van der Waals surface area contributed by atoms with E-state index in [0.29, 0.717) is 22.7 Å². The molecule has 1 heterocycles. The van der Waals surface area contributed by atoms with Crippen molar-refractivity contribution in [1.82, 2.24) is 0 Å². The molecule has 0 saturated heterocycles. The van der Waals surface area contributed by atoms with Crippen LogP contribution in [-0.2, 0) is 14.3 Å². The summed E-state index contributed by atoms with van der Waals surface area (Å²) in [5.74, 6) is 1.40. The van der Waals surface area contributed by atoms with Crippen LogP contribution < -0.4 is 0 Å². The second-order valence-electron chi connectivity index (χ2n) is 13.5. The molecule has 3 aliphatic rings. The first kappa shape index (κ1) is 27.2. The predicted molar refractivity (Wildman–Crippen MR) is 150 cm³/mol. The van der Waals surface area contributed by atoms with Crippen molar-refractivity contribution in [3.63, 3.8) is 0 Å². The van der Waals surface area contributed by atoms with E-state index in [1.54, 1.807) is 19.6 Å². The van der Waals surface area contributed by atoms with E-state index in [1.807, 2.05) is 36.4 Å². The maximum Gasteiger partial charge on any atom is 0.340 e. The number of esters is 1. The molecular formula is C34H46O4. The lowest BCUT2D eigenvalue weighted by atomic mass is 9.39. The van der Waals surface area contributed by atoms with E-state index in [-0.39, 0.29) is 17.5 Å². The maximum absolute atomic E-state index is 13.5. The van der Waals surface area contributed by atoms with Gasteiger partial charge in [0, 0.05) is 12.7 Å². The molecule has 0 radical (unpaired) electrons. The number of benzene rings is 1. The number of carbonyl (C=O) groups is 1. The number of rotatable bonds is 7. The molecule has 0 aliphatic heterocycles. The van der Waals surface area contributed by atoms with Gasteiger partial charge in [-0.1, -0.05) is 76.1 Å².